The van der Waals surface area contributed by atoms with Crippen molar-refractivity contribution in [2.75, 3.05) is 7.11 Å². The van der Waals surface area contributed by atoms with E-state index in [2.05, 4.69) is 31.4 Å². The van der Waals surface area contributed by atoms with Gasteiger partial charge in [0.15, 0.2) is 0 Å². The van der Waals surface area contributed by atoms with E-state index in [1.54, 1.807) is 13.2 Å². The molecule has 6 heteroatoms. The Morgan fingerprint density at radius 1 is 1.20 bits per heavy atom. The van der Waals surface area contributed by atoms with E-state index in [9.17, 15) is 4.79 Å². The van der Waals surface area contributed by atoms with Crippen LogP contribution in [-0.4, -0.2) is 23.2 Å². The summed E-state index contributed by atoms with van der Waals surface area (Å²) in [6, 6.07) is 17.1. The maximum absolute atomic E-state index is 12.5. The van der Waals surface area contributed by atoms with Crippen molar-refractivity contribution in [3.63, 3.8) is 0 Å². The summed E-state index contributed by atoms with van der Waals surface area (Å²) in [6.07, 6.45) is 0. The van der Waals surface area contributed by atoms with Crippen LogP contribution in [0.25, 0.3) is 11.3 Å². The van der Waals surface area contributed by atoms with Crippen molar-refractivity contribution in [3.8, 4) is 17.0 Å². The number of hydrogen-bond acceptors (Lipinski definition) is 3. The van der Waals surface area contributed by atoms with Gasteiger partial charge in [-0.05, 0) is 46.6 Å². The molecule has 128 valence electrons. The number of nitrogens with zero attached hydrogens (tertiary/aromatic N) is 1. The van der Waals surface area contributed by atoms with Crippen molar-refractivity contribution in [2.45, 2.75) is 13.0 Å². The molecule has 0 spiro atoms. The van der Waals surface area contributed by atoms with E-state index < -0.39 is 0 Å². The van der Waals surface area contributed by atoms with Gasteiger partial charge in [-0.1, -0.05) is 36.4 Å². The highest BCUT2D eigenvalue weighted by atomic mass is 79.9. The molecule has 2 N–H and O–H groups in total. The minimum Gasteiger partial charge on any atom is -0.496 e. The van der Waals surface area contributed by atoms with Crippen molar-refractivity contribution in [2.24, 2.45) is 0 Å². The van der Waals surface area contributed by atoms with Crippen LogP contribution in [0.5, 0.6) is 5.75 Å². The fourth-order valence-electron chi connectivity index (χ4n) is 2.50. The molecule has 3 rings (SSSR count). The zero-order valence-corrected chi connectivity index (χ0v) is 15.5. The SMILES string of the molecule is COc1ccc([C@H](C)NC(=O)c2cc(-c3ccccc3)n[nH]2)cc1Br. The number of amides is 1. The van der Waals surface area contributed by atoms with Crippen LogP contribution >= 0.6 is 15.9 Å². The maximum atomic E-state index is 12.5. The molecule has 1 heterocycles. The lowest BCUT2D eigenvalue weighted by molar-refractivity contribution is 0.0935. The number of aromatic amines is 1. The third-order valence-corrected chi connectivity index (χ3v) is 4.54. The second-order valence-corrected chi connectivity index (χ2v) is 6.48. The Labute approximate surface area is 154 Å². The highest BCUT2D eigenvalue weighted by molar-refractivity contribution is 9.10. The van der Waals surface area contributed by atoms with E-state index in [0.29, 0.717) is 5.69 Å². The first-order valence-electron chi connectivity index (χ1n) is 7.83. The van der Waals surface area contributed by atoms with Gasteiger partial charge in [0.2, 0.25) is 0 Å². The summed E-state index contributed by atoms with van der Waals surface area (Å²) in [6.45, 7) is 1.93. The second kappa shape index (κ2) is 7.53. The Morgan fingerprint density at radius 2 is 1.96 bits per heavy atom. The smallest absolute Gasteiger partial charge is 0.269 e. The van der Waals surface area contributed by atoms with E-state index in [4.69, 9.17) is 4.74 Å². The average molecular weight is 400 g/mol. The van der Waals surface area contributed by atoms with Gasteiger partial charge in [-0.25, -0.2) is 0 Å². The fourth-order valence-corrected chi connectivity index (χ4v) is 3.06. The molecule has 0 aliphatic heterocycles. The number of hydrogen-bond donors (Lipinski definition) is 2. The molecule has 0 aliphatic carbocycles. The normalized spacial score (nSPS) is 11.8. The van der Waals surface area contributed by atoms with Crippen LogP contribution in [-0.2, 0) is 0 Å². The Hall–Kier alpha value is -2.60. The van der Waals surface area contributed by atoms with Gasteiger partial charge in [-0.2, -0.15) is 5.10 Å². The molecule has 1 atom stereocenters. The van der Waals surface area contributed by atoms with E-state index in [1.165, 1.54) is 0 Å². The average Bonchev–Trinajstić information content (AvgIpc) is 3.12. The van der Waals surface area contributed by atoms with E-state index in [0.717, 1.165) is 27.0 Å². The monoisotopic (exact) mass is 399 g/mol. The van der Waals surface area contributed by atoms with Gasteiger partial charge in [0.1, 0.15) is 11.4 Å². The van der Waals surface area contributed by atoms with Crippen LogP contribution < -0.4 is 10.1 Å². The van der Waals surface area contributed by atoms with E-state index in [-0.39, 0.29) is 11.9 Å². The Kier molecular flexibility index (Phi) is 5.19. The van der Waals surface area contributed by atoms with E-state index >= 15 is 0 Å². The van der Waals surface area contributed by atoms with Crippen molar-refractivity contribution >= 4 is 21.8 Å². The number of H-pyrrole nitrogens is 1. The van der Waals surface area contributed by atoms with Crippen molar-refractivity contribution < 1.29 is 9.53 Å². The summed E-state index contributed by atoms with van der Waals surface area (Å²) < 4.78 is 6.08. The highest BCUT2D eigenvalue weighted by Crippen LogP contribution is 2.28. The summed E-state index contributed by atoms with van der Waals surface area (Å²) in [5.41, 5.74) is 3.11. The number of rotatable bonds is 5. The third kappa shape index (κ3) is 3.91. The summed E-state index contributed by atoms with van der Waals surface area (Å²) >= 11 is 3.46. The maximum Gasteiger partial charge on any atom is 0.269 e. The van der Waals surface area contributed by atoms with Gasteiger partial charge in [0, 0.05) is 5.56 Å². The largest absolute Gasteiger partial charge is 0.496 e. The fraction of sp³-hybridized carbons (Fsp3) is 0.158. The third-order valence-electron chi connectivity index (χ3n) is 3.92. The lowest BCUT2D eigenvalue weighted by Crippen LogP contribution is -2.26. The predicted octanol–water partition coefficient (Wildman–Crippen LogP) is 4.34. The first-order chi connectivity index (χ1) is 12.1. The Bertz CT molecular complexity index is 877. The van der Waals surface area contributed by atoms with Crippen molar-refractivity contribution in [3.05, 3.63) is 70.3 Å². The molecule has 1 amide bonds. The summed E-state index contributed by atoms with van der Waals surface area (Å²) in [4.78, 5) is 12.5. The van der Waals surface area contributed by atoms with E-state index in [1.807, 2.05) is 55.5 Å². The molecule has 1 aromatic heterocycles. The molecule has 0 aliphatic rings. The zero-order chi connectivity index (χ0) is 17.8. The lowest BCUT2D eigenvalue weighted by atomic mass is 10.1. The molecule has 25 heavy (non-hydrogen) atoms. The minimum absolute atomic E-state index is 0.154. The number of methoxy groups -OCH3 is 1. The van der Waals surface area contributed by atoms with Crippen LogP contribution in [0, 0.1) is 0 Å². The number of carbonyl (C=O) groups is 1. The topological polar surface area (TPSA) is 67.0 Å². The zero-order valence-electron chi connectivity index (χ0n) is 13.9. The van der Waals surface area contributed by atoms with Crippen molar-refractivity contribution in [1.29, 1.82) is 0 Å². The molecule has 0 unspecified atom stereocenters. The van der Waals surface area contributed by atoms with Gasteiger partial charge >= 0.3 is 0 Å². The molecule has 0 saturated carbocycles. The highest BCUT2D eigenvalue weighted by Gasteiger charge is 2.15. The number of halogens is 1. The number of aromatic nitrogens is 2. The molecule has 0 saturated heterocycles. The van der Waals surface area contributed by atoms with Crippen LogP contribution in [0.2, 0.25) is 0 Å². The Morgan fingerprint density at radius 3 is 2.64 bits per heavy atom. The number of nitrogens with one attached hydrogen (secondary N) is 2. The van der Waals surface area contributed by atoms with Gasteiger partial charge in [0.25, 0.3) is 5.91 Å². The number of benzene rings is 2. The van der Waals surface area contributed by atoms with Gasteiger partial charge in [-0.15, -0.1) is 0 Å². The summed E-state index contributed by atoms with van der Waals surface area (Å²) in [5, 5.41) is 9.98. The predicted molar refractivity (Wildman–Crippen MR) is 101 cm³/mol. The molecule has 5 nitrogen and oxygen atoms in total. The standard InChI is InChI=1S/C19H18BrN3O2/c1-12(14-8-9-18(25-2)15(20)10-14)21-19(24)17-11-16(22-23-17)13-6-4-3-5-7-13/h3-12H,1-2H3,(H,21,24)(H,22,23)/t12-/m0/s1. The van der Waals surface area contributed by atoms with Gasteiger partial charge in [-0.3, -0.25) is 9.89 Å². The molecule has 0 fully saturated rings. The quantitative estimate of drug-likeness (QED) is 0.670. The lowest BCUT2D eigenvalue weighted by Gasteiger charge is -2.15. The summed E-state index contributed by atoms with van der Waals surface area (Å²) in [7, 11) is 1.62. The van der Waals surface area contributed by atoms with Gasteiger partial charge < -0.3 is 10.1 Å². The molecular formula is C19H18BrN3O2. The minimum atomic E-state index is -0.200. The Balaban J connectivity index is 1.72. The number of ether oxygens (including phenoxy) is 1. The van der Waals surface area contributed by atoms with Crippen LogP contribution in [0.15, 0.2) is 59.1 Å². The first kappa shape index (κ1) is 17.2. The first-order valence-corrected chi connectivity index (χ1v) is 8.63. The van der Waals surface area contributed by atoms with Crippen molar-refractivity contribution in [1.82, 2.24) is 15.5 Å². The summed E-state index contributed by atoms with van der Waals surface area (Å²) in [5.74, 6) is 0.553. The second-order valence-electron chi connectivity index (χ2n) is 5.62. The number of carbonyl (C=O) groups excluding carboxylic acids is 1. The molecule has 0 bridgehead atoms. The molecule has 2 aromatic carbocycles. The van der Waals surface area contributed by atoms with Crippen LogP contribution in [0.4, 0.5) is 0 Å². The molecule has 0 radical (unpaired) electrons. The molecule has 3 aromatic rings. The van der Waals surface area contributed by atoms with Crippen LogP contribution in [0.3, 0.4) is 0 Å². The molecular weight excluding hydrogens is 382 g/mol. The van der Waals surface area contributed by atoms with Gasteiger partial charge in [0.05, 0.1) is 23.3 Å². The van der Waals surface area contributed by atoms with Crippen LogP contribution in [0.1, 0.15) is 29.0 Å².